The van der Waals surface area contributed by atoms with Crippen molar-refractivity contribution in [2.24, 2.45) is 5.73 Å². The monoisotopic (exact) mass is 591 g/mol. The average molecular weight is 592 g/mol. The summed E-state index contributed by atoms with van der Waals surface area (Å²) in [4.78, 5) is 29.9. The molecule has 12 heteroatoms. The number of pyridine rings is 1. The lowest BCUT2D eigenvalue weighted by Gasteiger charge is -2.11. The van der Waals surface area contributed by atoms with Crippen molar-refractivity contribution < 1.29 is 27.5 Å². The van der Waals surface area contributed by atoms with E-state index in [4.69, 9.17) is 14.9 Å². The maximum absolute atomic E-state index is 13.8. The summed E-state index contributed by atoms with van der Waals surface area (Å²) in [5.74, 6) is -0.492. The van der Waals surface area contributed by atoms with Crippen LogP contribution in [0.5, 0.6) is 5.75 Å². The first-order chi connectivity index (χ1) is 20.2. The predicted octanol–water partition coefficient (Wildman–Crippen LogP) is 6.68. The molecule has 2 amide bonds. The minimum Gasteiger partial charge on any atom is -0.485 e. The third-order valence-corrected chi connectivity index (χ3v) is 7.75. The number of hydrogen-bond acceptors (Lipinski definition) is 7. The molecule has 42 heavy (non-hydrogen) atoms. The topological polar surface area (TPSA) is 125 Å². The first-order valence-electron chi connectivity index (χ1n) is 13.0. The number of primary amides is 1. The molecule has 4 heterocycles. The number of nitrogens with one attached hydrogen (secondary N) is 1. The molecular weight excluding hydrogens is 564 g/mol. The van der Waals surface area contributed by atoms with Crippen molar-refractivity contribution >= 4 is 39.1 Å². The summed E-state index contributed by atoms with van der Waals surface area (Å²) in [5.41, 5.74) is 7.83. The number of amides is 2. The SMILES string of the molecule is C=CCc1ccccc1OCc1ccc(C(=O)Nc2c(C(N)=O)sc3nc(C(F)F)cc(-c4cnn(CC)c4C)c23)o1. The number of alkyl halides is 2. The fourth-order valence-corrected chi connectivity index (χ4v) is 5.65. The molecule has 0 aliphatic heterocycles. The van der Waals surface area contributed by atoms with E-state index < -0.39 is 23.9 Å². The molecule has 0 atom stereocenters. The molecule has 5 rings (SSSR count). The van der Waals surface area contributed by atoms with Gasteiger partial charge in [0, 0.05) is 23.2 Å². The van der Waals surface area contributed by atoms with Crippen LogP contribution in [0.25, 0.3) is 21.3 Å². The van der Waals surface area contributed by atoms with Gasteiger partial charge in [0.25, 0.3) is 18.2 Å². The van der Waals surface area contributed by atoms with Gasteiger partial charge < -0.3 is 20.2 Å². The van der Waals surface area contributed by atoms with E-state index >= 15 is 0 Å². The maximum Gasteiger partial charge on any atom is 0.291 e. The molecule has 0 saturated heterocycles. The number of anilines is 1. The first-order valence-corrected chi connectivity index (χ1v) is 13.8. The highest BCUT2D eigenvalue weighted by molar-refractivity contribution is 7.21. The standard InChI is InChI=1S/C30H27F2N5O4S/c1-4-8-17-9-6-7-10-22(17)40-15-18-11-12-23(41-18)29(39)36-25-24-19(20-14-34-37(5-2)16(20)3)13-21(27(31)32)35-30(24)42-26(25)28(33)38/h4,6-7,9-14,27H,1,5,8,15H2,2-3H3,(H2,33,38)(H,36,39). The number of furan rings is 1. The number of carbonyl (C=O) groups is 2. The lowest BCUT2D eigenvalue weighted by atomic mass is 10.0. The van der Waals surface area contributed by atoms with Gasteiger partial charge in [-0.15, -0.1) is 17.9 Å². The van der Waals surface area contributed by atoms with Gasteiger partial charge in [0.05, 0.1) is 11.9 Å². The van der Waals surface area contributed by atoms with E-state index in [9.17, 15) is 18.4 Å². The molecule has 1 aromatic carbocycles. The number of carbonyl (C=O) groups excluding carboxylic acids is 2. The Bertz CT molecular complexity index is 1810. The van der Waals surface area contributed by atoms with Gasteiger partial charge in [-0.2, -0.15) is 5.10 Å². The summed E-state index contributed by atoms with van der Waals surface area (Å²) < 4.78 is 41.0. The highest BCUT2D eigenvalue weighted by Crippen LogP contribution is 2.43. The first kappa shape index (κ1) is 28.7. The number of halogens is 2. The van der Waals surface area contributed by atoms with Crippen molar-refractivity contribution in [2.45, 2.75) is 39.8 Å². The number of thiophene rings is 1. The average Bonchev–Trinajstić information content (AvgIpc) is 3.69. The van der Waals surface area contributed by atoms with Crippen LogP contribution in [-0.4, -0.2) is 26.6 Å². The van der Waals surface area contributed by atoms with Gasteiger partial charge in [-0.05, 0) is 55.7 Å². The maximum atomic E-state index is 13.8. The highest BCUT2D eigenvalue weighted by atomic mass is 32.1. The van der Waals surface area contributed by atoms with Crippen molar-refractivity contribution in [3.8, 4) is 16.9 Å². The molecule has 0 spiro atoms. The largest absolute Gasteiger partial charge is 0.485 e. The van der Waals surface area contributed by atoms with Crippen molar-refractivity contribution in [1.82, 2.24) is 14.8 Å². The normalized spacial score (nSPS) is 11.3. The van der Waals surface area contributed by atoms with E-state index in [0.717, 1.165) is 22.6 Å². The van der Waals surface area contributed by atoms with Gasteiger partial charge in [-0.25, -0.2) is 13.8 Å². The molecule has 0 saturated carbocycles. The molecular formula is C30H27F2N5O4S. The van der Waals surface area contributed by atoms with E-state index in [-0.39, 0.29) is 27.8 Å². The van der Waals surface area contributed by atoms with Gasteiger partial charge >= 0.3 is 0 Å². The molecule has 0 bridgehead atoms. The molecule has 216 valence electrons. The molecule has 0 radical (unpaired) electrons. The van der Waals surface area contributed by atoms with Gasteiger partial charge in [0.2, 0.25) is 0 Å². The Balaban J connectivity index is 1.50. The minimum absolute atomic E-state index is 0.0343. The second-order valence-corrected chi connectivity index (χ2v) is 10.3. The van der Waals surface area contributed by atoms with Crippen LogP contribution in [0.4, 0.5) is 14.5 Å². The summed E-state index contributed by atoms with van der Waals surface area (Å²) >= 11 is 0.826. The number of ether oxygens (including phenoxy) is 1. The lowest BCUT2D eigenvalue weighted by Crippen LogP contribution is -2.16. The van der Waals surface area contributed by atoms with Crippen LogP contribution in [0, 0.1) is 6.92 Å². The molecule has 0 aliphatic rings. The molecule has 0 fully saturated rings. The van der Waals surface area contributed by atoms with Crippen LogP contribution in [0.1, 0.15) is 56.3 Å². The summed E-state index contributed by atoms with van der Waals surface area (Å²) in [5, 5.41) is 7.35. The Morgan fingerprint density at radius 1 is 1.24 bits per heavy atom. The van der Waals surface area contributed by atoms with Gasteiger partial charge in [-0.3, -0.25) is 14.3 Å². The Morgan fingerprint density at radius 2 is 2.02 bits per heavy atom. The second kappa shape index (κ2) is 12.0. The zero-order chi connectivity index (χ0) is 30.0. The Labute approximate surface area is 243 Å². The number of fused-ring (bicyclic) bond motifs is 1. The zero-order valence-corrected chi connectivity index (χ0v) is 23.6. The summed E-state index contributed by atoms with van der Waals surface area (Å²) in [6.07, 6.45) is 1.10. The van der Waals surface area contributed by atoms with Crippen molar-refractivity contribution in [3.05, 3.63) is 94.7 Å². The Hall–Kier alpha value is -4.84. The summed E-state index contributed by atoms with van der Waals surface area (Å²) in [7, 11) is 0. The zero-order valence-electron chi connectivity index (χ0n) is 22.8. The lowest BCUT2D eigenvalue weighted by molar-refractivity contribution is 0.0992. The van der Waals surface area contributed by atoms with Crippen LogP contribution in [0.3, 0.4) is 0 Å². The number of benzene rings is 1. The molecule has 5 aromatic rings. The quantitative estimate of drug-likeness (QED) is 0.165. The van der Waals surface area contributed by atoms with Gasteiger partial charge in [-0.1, -0.05) is 24.3 Å². The van der Waals surface area contributed by atoms with E-state index in [1.54, 1.807) is 23.0 Å². The van der Waals surface area contributed by atoms with Crippen LogP contribution >= 0.6 is 11.3 Å². The number of nitrogens with zero attached hydrogens (tertiary/aromatic N) is 3. The smallest absolute Gasteiger partial charge is 0.291 e. The summed E-state index contributed by atoms with van der Waals surface area (Å²) in [6, 6.07) is 11.9. The fraction of sp³-hybridized carbons (Fsp3) is 0.200. The number of rotatable bonds is 11. The van der Waals surface area contributed by atoms with Crippen LogP contribution < -0.4 is 15.8 Å². The van der Waals surface area contributed by atoms with Crippen molar-refractivity contribution in [1.29, 1.82) is 0 Å². The van der Waals surface area contributed by atoms with E-state index in [2.05, 4.69) is 22.0 Å². The van der Waals surface area contributed by atoms with Crippen LogP contribution in [0.15, 0.2) is 65.7 Å². The summed E-state index contributed by atoms with van der Waals surface area (Å²) in [6.45, 7) is 8.10. The molecule has 4 aromatic heterocycles. The van der Waals surface area contributed by atoms with Crippen LogP contribution in [-0.2, 0) is 19.6 Å². The number of allylic oxidation sites excluding steroid dienone is 1. The molecule has 0 unspecified atom stereocenters. The molecule has 0 aliphatic carbocycles. The molecule has 9 nitrogen and oxygen atoms in total. The van der Waals surface area contributed by atoms with Crippen molar-refractivity contribution in [3.63, 3.8) is 0 Å². The fourth-order valence-electron chi connectivity index (χ4n) is 4.63. The number of hydrogen-bond donors (Lipinski definition) is 2. The van der Waals surface area contributed by atoms with Crippen molar-refractivity contribution in [2.75, 3.05) is 5.32 Å². The number of nitrogens with two attached hydrogens (primary N) is 1. The third kappa shape index (κ3) is 5.53. The van der Waals surface area contributed by atoms with Gasteiger partial charge in [0.15, 0.2) is 5.76 Å². The number of para-hydroxylation sites is 1. The Kier molecular flexibility index (Phi) is 8.16. The van der Waals surface area contributed by atoms with Crippen LogP contribution in [0.2, 0.25) is 0 Å². The highest BCUT2D eigenvalue weighted by Gasteiger charge is 2.27. The van der Waals surface area contributed by atoms with E-state index in [1.165, 1.54) is 12.1 Å². The predicted molar refractivity (Wildman–Crippen MR) is 156 cm³/mol. The third-order valence-electron chi connectivity index (χ3n) is 6.65. The van der Waals surface area contributed by atoms with Gasteiger partial charge in [0.1, 0.15) is 33.5 Å². The van der Waals surface area contributed by atoms with E-state index in [0.29, 0.717) is 41.0 Å². The minimum atomic E-state index is -2.86. The number of aryl methyl sites for hydroxylation is 1. The Morgan fingerprint density at radius 3 is 2.71 bits per heavy atom. The second-order valence-electron chi connectivity index (χ2n) is 9.31. The number of aromatic nitrogens is 3. The molecule has 3 N–H and O–H groups in total. The van der Waals surface area contributed by atoms with E-state index in [1.807, 2.05) is 38.1 Å².